The molecule has 1 aromatic rings. The molecule has 25 heavy (non-hydrogen) atoms. The minimum atomic E-state index is -0.00932. The highest BCUT2D eigenvalue weighted by molar-refractivity contribution is 5.94. The summed E-state index contributed by atoms with van der Waals surface area (Å²) in [5.41, 5.74) is 7.21. The van der Waals surface area contributed by atoms with Crippen LogP contribution in [0.4, 0.5) is 0 Å². The highest BCUT2D eigenvalue weighted by Gasteiger charge is 2.34. The van der Waals surface area contributed by atoms with Gasteiger partial charge < -0.3 is 14.8 Å². The maximum Gasteiger partial charge on any atom is 0.251 e. The van der Waals surface area contributed by atoms with Crippen LogP contribution in [0.5, 0.6) is 5.75 Å². The van der Waals surface area contributed by atoms with E-state index in [9.17, 15) is 4.79 Å². The van der Waals surface area contributed by atoms with Gasteiger partial charge in [0.15, 0.2) is 0 Å². The van der Waals surface area contributed by atoms with Gasteiger partial charge in [0.1, 0.15) is 12.4 Å². The molecule has 3 fully saturated rings. The van der Waals surface area contributed by atoms with Crippen molar-refractivity contribution in [3.8, 4) is 5.75 Å². The van der Waals surface area contributed by atoms with E-state index in [1.54, 1.807) is 0 Å². The maximum atomic E-state index is 12.6. The average Bonchev–Trinajstić information content (AvgIpc) is 3.31. The number of nitrogens with one attached hydrogen (secondary N) is 3. The Morgan fingerprint density at radius 1 is 1.32 bits per heavy atom. The lowest BCUT2D eigenvalue weighted by molar-refractivity contribution is 0.0679. The lowest BCUT2D eigenvalue weighted by Gasteiger charge is -2.31. The van der Waals surface area contributed by atoms with Crippen molar-refractivity contribution in [1.29, 1.82) is 0 Å². The summed E-state index contributed by atoms with van der Waals surface area (Å²) in [6, 6.07) is 8.26. The number of carbonyl (C=O) groups is 1. The van der Waals surface area contributed by atoms with Crippen LogP contribution in [-0.2, 0) is 4.74 Å². The molecule has 3 N–H and O–H groups in total. The van der Waals surface area contributed by atoms with Gasteiger partial charge in [-0.25, -0.2) is 0 Å². The summed E-state index contributed by atoms with van der Waals surface area (Å²) in [6.07, 6.45) is 5.50. The number of fused-ring (bicyclic) bond motifs is 1. The minimum Gasteiger partial charge on any atom is -0.491 e. The molecule has 0 spiro atoms. The van der Waals surface area contributed by atoms with Crippen LogP contribution in [0.2, 0.25) is 0 Å². The van der Waals surface area contributed by atoms with Crippen molar-refractivity contribution in [2.45, 2.75) is 50.3 Å². The molecule has 1 aliphatic carbocycles. The number of hydrogen-bond donors (Lipinski definition) is 3. The molecule has 1 aromatic carbocycles. The zero-order valence-electron chi connectivity index (χ0n) is 14.5. The van der Waals surface area contributed by atoms with E-state index in [1.807, 2.05) is 24.3 Å². The van der Waals surface area contributed by atoms with Gasteiger partial charge in [0.2, 0.25) is 0 Å². The largest absolute Gasteiger partial charge is 0.491 e. The second-order valence-corrected chi connectivity index (χ2v) is 7.35. The van der Waals surface area contributed by atoms with E-state index in [-0.39, 0.29) is 18.1 Å². The summed E-state index contributed by atoms with van der Waals surface area (Å²) < 4.78 is 11.4. The van der Waals surface area contributed by atoms with Gasteiger partial charge in [-0.3, -0.25) is 15.6 Å². The number of ether oxygens (including phenoxy) is 2. The smallest absolute Gasteiger partial charge is 0.251 e. The number of carbonyl (C=O) groups excluding carboxylic acids is 1. The van der Waals surface area contributed by atoms with Crippen LogP contribution in [-0.4, -0.2) is 43.9 Å². The Morgan fingerprint density at radius 2 is 2.28 bits per heavy atom. The van der Waals surface area contributed by atoms with Gasteiger partial charge >= 0.3 is 0 Å². The van der Waals surface area contributed by atoms with Crippen molar-refractivity contribution in [2.75, 3.05) is 19.8 Å². The first-order valence-electron chi connectivity index (χ1n) is 9.41. The molecule has 136 valence electrons. The number of rotatable bonds is 5. The third kappa shape index (κ3) is 4.14. The highest BCUT2D eigenvalue weighted by atomic mass is 16.5. The molecule has 6 heteroatoms. The van der Waals surface area contributed by atoms with Crippen LogP contribution in [0.25, 0.3) is 0 Å². The van der Waals surface area contributed by atoms with E-state index in [4.69, 9.17) is 9.47 Å². The van der Waals surface area contributed by atoms with E-state index in [0.717, 1.165) is 51.0 Å². The molecule has 3 aliphatic rings. The van der Waals surface area contributed by atoms with Crippen LogP contribution in [0.3, 0.4) is 0 Å². The molecule has 0 bridgehead atoms. The zero-order valence-corrected chi connectivity index (χ0v) is 14.5. The Bertz CT molecular complexity index is 603. The highest BCUT2D eigenvalue weighted by Crippen LogP contribution is 2.27. The fourth-order valence-electron chi connectivity index (χ4n) is 4.09. The predicted molar refractivity (Wildman–Crippen MR) is 94.4 cm³/mol. The standard InChI is InChI=1S/C19H27N3O3/c23-19(21-15-6-7-18-14(9-15)11-20-22-18)13-3-1-4-16(10-13)25-12-17-5-2-8-24-17/h1,3-4,10,14-15,17-18,20,22H,2,5-9,11-12H2,(H,21,23). The van der Waals surface area contributed by atoms with Crippen molar-refractivity contribution < 1.29 is 14.3 Å². The third-order valence-corrected chi connectivity index (χ3v) is 5.53. The van der Waals surface area contributed by atoms with Gasteiger partial charge in [-0.15, -0.1) is 0 Å². The fraction of sp³-hybridized carbons (Fsp3) is 0.632. The van der Waals surface area contributed by atoms with Crippen LogP contribution in [0, 0.1) is 5.92 Å². The van der Waals surface area contributed by atoms with Crippen LogP contribution >= 0.6 is 0 Å². The normalized spacial score (nSPS) is 31.5. The first-order valence-corrected chi connectivity index (χ1v) is 9.41. The fourth-order valence-corrected chi connectivity index (χ4v) is 4.09. The molecule has 2 heterocycles. The van der Waals surface area contributed by atoms with Crippen molar-refractivity contribution in [1.82, 2.24) is 16.2 Å². The lowest BCUT2D eigenvalue weighted by Crippen LogP contribution is -2.44. The van der Waals surface area contributed by atoms with E-state index in [1.165, 1.54) is 0 Å². The molecular weight excluding hydrogens is 318 g/mol. The van der Waals surface area contributed by atoms with E-state index in [2.05, 4.69) is 16.2 Å². The van der Waals surface area contributed by atoms with Crippen molar-refractivity contribution in [3.63, 3.8) is 0 Å². The number of benzene rings is 1. The van der Waals surface area contributed by atoms with E-state index < -0.39 is 0 Å². The maximum absolute atomic E-state index is 12.6. The van der Waals surface area contributed by atoms with E-state index in [0.29, 0.717) is 24.1 Å². The summed E-state index contributed by atoms with van der Waals surface area (Å²) in [7, 11) is 0. The molecule has 4 atom stereocenters. The molecule has 2 aliphatic heterocycles. The summed E-state index contributed by atoms with van der Waals surface area (Å²) in [5.74, 6) is 1.33. The van der Waals surface area contributed by atoms with Gasteiger partial charge in [-0.2, -0.15) is 0 Å². The van der Waals surface area contributed by atoms with Crippen molar-refractivity contribution in [2.24, 2.45) is 5.92 Å². The van der Waals surface area contributed by atoms with Gasteiger partial charge in [-0.1, -0.05) is 6.07 Å². The van der Waals surface area contributed by atoms with Gasteiger partial charge in [0.05, 0.1) is 6.10 Å². The molecule has 4 unspecified atom stereocenters. The molecule has 2 saturated heterocycles. The summed E-state index contributed by atoms with van der Waals surface area (Å²) in [5, 5.41) is 3.20. The SMILES string of the molecule is O=C(NC1CCC2NNCC2C1)c1cccc(OCC2CCCO2)c1. The number of hydrazine groups is 1. The molecular formula is C19H27N3O3. The van der Waals surface area contributed by atoms with Crippen molar-refractivity contribution in [3.05, 3.63) is 29.8 Å². The minimum absolute atomic E-state index is 0.00932. The molecule has 0 aromatic heterocycles. The quantitative estimate of drug-likeness (QED) is 0.756. The molecule has 1 saturated carbocycles. The topological polar surface area (TPSA) is 71.6 Å². The van der Waals surface area contributed by atoms with Gasteiger partial charge in [0, 0.05) is 30.8 Å². The Labute approximate surface area is 148 Å². The summed E-state index contributed by atoms with van der Waals surface area (Å²) in [4.78, 5) is 12.6. The Morgan fingerprint density at radius 3 is 3.16 bits per heavy atom. The summed E-state index contributed by atoms with van der Waals surface area (Å²) >= 11 is 0. The van der Waals surface area contributed by atoms with Gasteiger partial charge in [0.25, 0.3) is 5.91 Å². The number of amides is 1. The van der Waals surface area contributed by atoms with Crippen LogP contribution in [0.15, 0.2) is 24.3 Å². The van der Waals surface area contributed by atoms with Crippen LogP contribution < -0.4 is 20.9 Å². The predicted octanol–water partition coefficient (Wildman–Crippen LogP) is 1.62. The molecule has 0 radical (unpaired) electrons. The lowest BCUT2D eigenvalue weighted by atomic mass is 9.83. The monoisotopic (exact) mass is 345 g/mol. The summed E-state index contributed by atoms with van der Waals surface area (Å²) in [6.45, 7) is 2.37. The van der Waals surface area contributed by atoms with Gasteiger partial charge in [-0.05, 0) is 56.2 Å². The molecule has 6 nitrogen and oxygen atoms in total. The van der Waals surface area contributed by atoms with Crippen LogP contribution in [0.1, 0.15) is 42.5 Å². The Kier molecular flexibility index (Phi) is 5.20. The van der Waals surface area contributed by atoms with E-state index >= 15 is 0 Å². The second-order valence-electron chi connectivity index (χ2n) is 7.35. The number of hydrogen-bond acceptors (Lipinski definition) is 5. The first kappa shape index (κ1) is 16.8. The Balaban J connectivity index is 1.31. The average molecular weight is 345 g/mol. The molecule has 1 amide bonds. The third-order valence-electron chi connectivity index (χ3n) is 5.53. The Hall–Kier alpha value is -1.63. The molecule has 4 rings (SSSR count). The second kappa shape index (κ2) is 7.72. The van der Waals surface area contributed by atoms with Crippen molar-refractivity contribution >= 4 is 5.91 Å². The first-order chi connectivity index (χ1) is 12.3. The zero-order chi connectivity index (χ0) is 17.1.